The summed E-state index contributed by atoms with van der Waals surface area (Å²) in [5, 5.41) is 11.9. The minimum atomic E-state index is -0.891. The average molecular weight is 170 g/mol. The van der Waals surface area contributed by atoms with Crippen LogP contribution < -0.4 is 0 Å². The second kappa shape index (κ2) is 7.02. The molecule has 0 aliphatic heterocycles. The SMILES string of the molecule is CC=CC(=O)O.c1ccsc1. The standard InChI is InChI=1S/C4H6O2.C4H4S/c1-2-3-4(5)6;1-2-4-5-3-1/h2-3H,1H3,(H,5,6);1-4H. The zero-order valence-corrected chi connectivity index (χ0v) is 7.04. The molecule has 3 heteroatoms. The van der Waals surface area contributed by atoms with E-state index in [1.54, 1.807) is 18.3 Å². The lowest BCUT2D eigenvalue weighted by Gasteiger charge is -1.68. The van der Waals surface area contributed by atoms with Gasteiger partial charge in [-0.3, -0.25) is 0 Å². The second-order valence-corrected chi connectivity index (χ2v) is 2.45. The Labute approximate surface area is 69.8 Å². The van der Waals surface area contributed by atoms with Crippen LogP contribution in [0.25, 0.3) is 0 Å². The molecule has 1 aromatic rings. The summed E-state index contributed by atoms with van der Waals surface area (Å²) in [7, 11) is 0. The molecular formula is C8H10O2S. The van der Waals surface area contributed by atoms with Gasteiger partial charge in [0.15, 0.2) is 0 Å². The van der Waals surface area contributed by atoms with E-state index in [2.05, 4.69) is 0 Å². The van der Waals surface area contributed by atoms with Crippen LogP contribution in [0.15, 0.2) is 35.0 Å². The maximum absolute atomic E-state index is 9.51. The summed E-state index contributed by atoms with van der Waals surface area (Å²) < 4.78 is 0. The molecular weight excluding hydrogens is 160 g/mol. The molecule has 11 heavy (non-hydrogen) atoms. The number of carboxylic acids is 1. The third-order valence-electron chi connectivity index (χ3n) is 0.735. The van der Waals surface area contributed by atoms with E-state index in [0.29, 0.717) is 0 Å². The maximum Gasteiger partial charge on any atom is 0.327 e. The predicted molar refractivity (Wildman–Crippen MR) is 46.8 cm³/mol. The summed E-state index contributed by atoms with van der Waals surface area (Å²) in [4.78, 5) is 9.51. The molecule has 0 saturated carbocycles. The monoisotopic (exact) mass is 170 g/mol. The van der Waals surface area contributed by atoms with Crippen molar-refractivity contribution in [2.24, 2.45) is 0 Å². The Hall–Kier alpha value is -1.09. The van der Waals surface area contributed by atoms with Gasteiger partial charge in [0, 0.05) is 6.08 Å². The van der Waals surface area contributed by atoms with E-state index in [-0.39, 0.29) is 0 Å². The minimum absolute atomic E-state index is 0.891. The highest BCUT2D eigenvalue weighted by Gasteiger charge is 1.76. The number of allylic oxidation sites excluding steroid dienone is 1. The van der Waals surface area contributed by atoms with E-state index < -0.39 is 5.97 Å². The molecule has 60 valence electrons. The number of carbonyl (C=O) groups is 1. The Morgan fingerprint density at radius 1 is 1.45 bits per heavy atom. The molecule has 0 aliphatic carbocycles. The number of carboxylic acid groups (broad SMARTS) is 1. The second-order valence-electron chi connectivity index (χ2n) is 1.63. The molecule has 0 atom stereocenters. The number of rotatable bonds is 1. The van der Waals surface area contributed by atoms with E-state index in [1.165, 1.54) is 6.08 Å². The fourth-order valence-corrected chi connectivity index (χ4v) is 0.823. The Balaban J connectivity index is 0.000000183. The molecule has 0 spiro atoms. The van der Waals surface area contributed by atoms with E-state index >= 15 is 0 Å². The lowest BCUT2D eigenvalue weighted by Crippen LogP contribution is -1.83. The van der Waals surface area contributed by atoms with Crippen LogP contribution in [-0.4, -0.2) is 11.1 Å². The van der Waals surface area contributed by atoms with E-state index in [1.807, 2.05) is 22.9 Å². The van der Waals surface area contributed by atoms with Crippen LogP contribution >= 0.6 is 11.3 Å². The van der Waals surface area contributed by atoms with Crippen molar-refractivity contribution >= 4 is 17.3 Å². The van der Waals surface area contributed by atoms with Crippen LogP contribution in [0.1, 0.15) is 6.92 Å². The van der Waals surface area contributed by atoms with Crippen molar-refractivity contribution in [2.45, 2.75) is 6.92 Å². The van der Waals surface area contributed by atoms with Crippen LogP contribution in [0.5, 0.6) is 0 Å². The maximum atomic E-state index is 9.51. The zero-order valence-electron chi connectivity index (χ0n) is 6.23. The molecule has 0 aromatic carbocycles. The summed E-state index contributed by atoms with van der Waals surface area (Å²) in [6.45, 7) is 1.66. The first-order valence-corrected chi connectivity index (χ1v) is 4.04. The van der Waals surface area contributed by atoms with Crippen molar-refractivity contribution in [3.63, 3.8) is 0 Å². The van der Waals surface area contributed by atoms with Gasteiger partial charge in [-0.2, -0.15) is 11.3 Å². The molecule has 0 fully saturated rings. The Morgan fingerprint density at radius 2 is 2.00 bits per heavy atom. The smallest absolute Gasteiger partial charge is 0.327 e. The number of hydrogen-bond donors (Lipinski definition) is 1. The van der Waals surface area contributed by atoms with E-state index in [9.17, 15) is 4.79 Å². The predicted octanol–water partition coefficient (Wildman–Crippen LogP) is 2.40. The molecule has 0 aliphatic rings. The van der Waals surface area contributed by atoms with Crippen LogP contribution in [0.2, 0.25) is 0 Å². The first-order chi connectivity index (χ1) is 5.27. The molecule has 0 bridgehead atoms. The van der Waals surface area contributed by atoms with Gasteiger partial charge in [-0.05, 0) is 17.7 Å². The third kappa shape index (κ3) is 8.91. The number of aliphatic carboxylic acids is 1. The Bertz CT molecular complexity index is 185. The Morgan fingerprint density at radius 3 is 2.09 bits per heavy atom. The summed E-state index contributed by atoms with van der Waals surface area (Å²) >= 11 is 1.71. The van der Waals surface area contributed by atoms with Gasteiger partial charge in [0.1, 0.15) is 0 Å². The van der Waals surface area contributed by atoms with Crippen LogP contribution in [-0.2, 0) is 4.79 Å². The lowest BCUT2D eigenvalue weighted by atomic mass is 10.5. The highest BCUT2D eigenvalue weighted by atomic mass is 32.1. The van der Waals surface area contributed by atoms with Crippen LogP contribution in [0.4, 0.5) is 0 Å². The molecule has 1 N–H and O–H groups in total. The summed E-state index contributed by atoms with van der Waals surface area (Å²) in [6, 6.07) is 4.04. The quantitative estimate of drug-likeness (QED) is 0.657. The lowest BCUT2D eigenvalue weighted by molar-refractivity contribution is -0.131. The van der Waals surface area contributed by atoms with E-state index in [4.69, 9.17) is 5.11 Å². The van der Waals surface area contributed by atoms with Crippen molar-refractivity contribution in [2.75, 3.05) is 0 Å². The molecule has 1 rings (SSSR count). The van der Waals surface area contributed by atoms with Gasteiger partial charge in [0.25, 0.3) is 0 Å². The number of hydrogen-bond acceptors (Lipinski definition) is 2. The van der Waals surface area contributed by atoms with Gasteiger partial charge in [-0.25, -0.2) is 4.79 Å². The topological polar surface area (TPSA) is 37.3 Å². The molecule has 1 aromatic heterocycles. The first-order valence-electron chi connectivity index (χ1n) is 3.10. The van der Waals surface area contributed by atoms with Gasteiger partial charge < -0.3 is 5.11 Å². The van der Waals surface area contributed by atoms with E-state index in [0.717, 1.165) is 6.08 Å². The molecule has 0 unspecified atom stereocenters. The molecule has 0 amide bonds. The van der Waals surface area contributed by atoms with Crippen molar-refractivity contribution in [1.82, 2.24) is 0 Å². The fourth-order valence-electron chi connectivity index (χ4n) is 0.369. The number of thiophene rings is 1. The van der Waals surface area contributed by atoms with Crippen molar-refractivity contribution in [1.29, 1.82) is 0 Å². The highest BCUT2D eigenvalue weighted by Crippen LogP contribution is 1.91. The van der Waals surface area contributed by atoms with Gasteiger partial charge in [-0.15, -0.1) is 0 Å². The van der Waals surface area contributed by atoms with Crippen molar-refractivity contribution < 1.29 is 9.90 Å². The minimum Gasteiger partial charge on any atom is -0.478 e. The summed E-state index contributed by atoms with van der Waals surface area (Å²) in [5.41, 5.74) is 0. The molecule has 1 heterocycles. The van der Waals surface area contributed by atoms with Gasteiger partial charge >= 0.3 is 5.97 Å². The molecule has 0 radical (unpaired) electrons. The van der Waals surface area contributed by atoms with Crippen molar-refractivity contribution in [3.8, 4) is 0 Å². The third-order valence-corrected chi connectivity index (χ3v) is 1.36. The Kier molecular flexibility index (Phi) is 6.33. The zero-order chi connectivity index (χ0) is 8.53. The summed E-state index contributed by atoms with van der Waals surface area (Å²) in [6.07, 6.45) is 2.56. The van der Waals surface area contributed by atoms with Gasteiger partial charge in [0.2, 0.25) is 0 Å². The van der Waals surface area contributed by atoms with Gasteiger partial charge in [0.05, 0.1) is 0 Å². The normalized spacial score (nSPS) is 8.82. The molecule has 2 nitrogen and oxygen atoms in total. The highest BCUT2D eigenvalue weighted by molar-refractivity contribution is 7.07. The average Bonchev–Trinajstić information content (AvgIpc) is 2.41. The van der Waals surface area contributed by atoms with Crippen molar-refractivity contribution in [3.05, 3.63) is 35.0 Å². The molecule has 0 saturated heterocycles. The van der Waals surface area contributed by atoms with Crippen LogP contribution in [0, 0.1) is 0 Å². The summed E-state index contributed by atoms with van der Waals surface area (Å²) in [5.74, 6) is -0.891. The van der Waals surface area contributed by atoms with Crippen LogP contribution in [0.3, 0.4) is 0 Å². The van der Waals surface area contributed by atoms with Gasteiger partial charge in [-0.1, -0.05) is 18.2 Å². The largest absolute Gasteiger partial charge is 0.478 e. The fraction of sp³-hybridized carbons (Fsp3) is 0.125. The first kappa shape index (κ1) is 9.91.